The molecule has 0 N–H and O–H groups in total. The Labute approximate surface area is 186 Å². The summed E-state index contributed by atoms with van der Waals surface area (Å²) in [5, 5.41) is 1.43. The van der Waals surface area contributed by atoms with Crippen LogP contribution >= 0.6 is 23.4 Å². The fraction of sp³-hybridized carbons (Fsp3) is 0.455. The molecule has 1 unspecified atom stereocenters. The third-order valence-corrected chi connectivity index (χ3v) is 6.37. The molecule has 2 heterocycles. The van der Waals surface area contributed by atoms with E-state index in [1.807, 2.05) is 38.1 Å². The van der Waals surface area contributed by atoms with E-state index in [1.165, 1.54) is 11.8 Å². The first-order valence-electron chi connectivity index (χ1n) is 9.85. The minimum absolute atomic E-state index is 0.0901. The number of aryl methyl sites for hydroxylation is 1. The zero-order valence-corrected chi connectivity index (χ0v) is 19.6. The molecule has 0 saturated carbocycles. The zero-order valence-electron chi connectivity index (χ0n) is 18.1. The van der Waals surface area contributed by atoms with Crippen LogP contribution in [0.25, 0.3) is 11.0 Å². The van der Waals surface area contributed by atoms with Crippen LogP contribution in [0.4, 0.5) is 0 Å². The molecule has 0 bridgehead atoms. The highest BCUT2D eigenvalue weighted by atomic mass is 35.5. The molecule has 0 amide bonds. The number of aromatic nitrogens is 3. The monoisotopic (exact) mass is 449 g/mol. The smallest absolute Gasteiger partial charge is 0.175 e. The van der Waals surface area contributed by atoms with Gasteiger partial charge in [-0.3, -0.25) is 4.79 Å². The van der Waals surface area contributed by atoms with Crippen LogP contribution in [0.2, 0.25) is 5.02 Å². The summed E-state index contributed by atoms with van der Waals surface area (Å²) >= 11 is 7.57. The number of benzene rings is 1. The van der Waals surface area contributed by atoms with Gasteiger partial charge in [0.1, 0.15) is 0 Å². The maximum Gasteiger partial charge on any atom is 0.175 e. The van der Waals surface area contributed by atoms with Crippen LogP contribution in [0, 0.1) is 13.8 Å². The number of nitrogens with zero attached hydrogens (tertiary/aromatic N) is 3. The predicted octanol–water partition coefficient (Wildman–Crippen LogP) is 4.94. The lowest BCUT2D eigenvalue weighted by molar-refractivity contribution is 0.102. The lowest BCUT2D eigenvalue weighted by Crippen LogP contribution is -2.15. The van der Waals surface area contributed by atoms with Crippen molar-refractivity contribution in [2.24, 2.45) is 0 Å². The van der Waals surface area contributed by atoms with E-state index in [0.717, 1.165) is 33.1 Å². The van der Waals surface area contributed by atoms with Crippen molar-refractivity contribution in [2.45, 2.75) is 38.5 Å². The SMILES string of the molecule is COCCn1c(SCC(=O)c2cc(C)n(C(C)COC)c2C)nc2cc(Cl)ccc21. The zero-order chi connectivity index (χ0) is 21.8. The normalized spacial score (nSPS) is 12.6. The molecule has 8 heteroatoms. The maximum absolute atomic E-state index is 13.0. The average molecular weight is 450 g/mol. The standard InChI is InChI=1S/C22H28ClN3O3S/c1-14-10-18(16(3)26(14)15(2)12-29-5)21(27)13-30-22-24-19-11-17(23)6-7-20(19)25(22)8-9-28-4/h6-7,10-11,15H,8-9,12-13H2,1-5H3. The Bertz CT molecular complexity index is 1040. The molecule has 0 fully saturated rings. The number of thioether (sulfide) groups is 1. The number of Topliss-reactive ketones (excluding diaryl/α,β-unsaturated/α-hetero) is 1. The quantitative estimate of drug-likeness (QED) is 0.324. The van der Waals surface area contributed by atoms with Gasteiger partial charge >= 0.3 is 0 Å². The van der Waals surface area contributed by atoms with Crippen LogP contribution in [0.1, 0.15) is 34.7 Å². The molecular formula is C22H28ClN3O3S. The maximum atomic E-state index is 13.0. The van der Waals surface area contributed by atoms with Crippen molar-refractivity contribution in [2.75, 3.05) is 33.2 Å². The molecule has 0 aliphatic heterocycles. The molecule has 2 aromatic heterocycles. The second-order valence-electron chi connectivity index (χ2n) is 7.34. The number of carbonyl (C=O) groups is 1. The van der Waals surface area contributed by atoms with Crippen LogP contribution in [-0.2, 0) is 16.0 Å². The van der Waals surface area contributed by atoms with E-state index >= 15 is 0 Å². The van der Waals surface area contributed by atoms with Crippen molar-refractivity contribution < 1.29 is 14.3 Å². The number of fused-ring (bicyclic) bond motifs is 1. The summed E-state index contributed by atoms with van der Waals surface area (Å²) < 4.78 is 14.8. The number of hydrogen-bond acceptors (Lipinski definition) is 5. The van der Waals surface area contributed by atoms with Crippen molar-refractivity contribution in [1.82, 2.24) is 14.1 Å². The minimum atomic E-state index is 0.0901. The van der Waals surface area contributed by atoms with E-state index in [2.05, 4.69) is 16.1 Å². The first-order chi connectivity index (χ1) is 14.4. The Kier molecular flexibility index (Phi) is 7.63. The summed E-state index contributed by atoms with van der Waals surface area (Å²) in [5.41, 5.74) is 4.60. The van der Waals surface area contributed by atoms with Crippen molar-refractivity contribution in [1.29, 1.82) is 0 Å². The molecular weight excluding hydrogens is 422 g/mol. The van der Waals surface area contributed by atoms with Gasteiger partial charge in [0.15, 0.2) is 10.9 Å². The molecule has 0 radical (unpaired) electrons. The Morgan fingerprint density at radius 2 is 2.00 bits per heavy atom. The molecule has 1 atom stereocenters. The molecule has 0 aliphatic rings. The minimum Gasteiger partial charge on any atom is -0.383 e. The highest BCUT2D eigenvalue weighted by Gasteiger charge is 2.20. The van der Waals surface area contributed by atoms with Gasteiger partial charge in [-0.25, -0.2) is 4.98 Å². The van der Waals surface area contributed by atoms with Crippen molar-refractivity contribution in [3.63, 3.8) is 0 Å². The van der Waals surface area contributed by atoms with Crippen molar-refractivity contribution in [3.8, 4) is 0 Å². The van der Waals surface area contributed by atoms with Gasteiger partial charge in [0, 0.05) is 42.7 Å². The molecule has 30 heavy (non-hydrogen) atoms. The summed E-state index contributed by atoms with van der Waals surface area (Å²) in [6, 6.07) is 7.79. The fourth-order valence-electron chi connectivity index (χ4n) is 3.85. The molecule has 6 nitrogen and oxygen atoms in total. The Balaban J connectivity index is 1.82. The molecule has 0 spiro atoms. The second kappa shape index (κ2) is 10.0. The summed E-state index contributed by atoms with van der Waals surface area (Å²) in [4.78, 5) is 17.7. The summed E-state index contributed by atoms with van der Waals surface area (Å²) in [6.45, 7) is 7.94. The first kappa shape index (κ1) is 22.9. The summed E-state index contributed by atoms with van der Waals surface area (Å²) in [7, 11) is 3.36. The molecule has 162 valence electrons. The van der Waals surface area contributed by atoms with Gasteiger partial charge in [-0.1, -0.05) is 23.4 Å². The Hall–Kier alpha value is -1.80. The van der Waals surface area contributed by atoms with E-state index in [1.54, 1.807) is 14.2 Å². The predicted molar refractivity (Wildman–Crippen MR) is 122 cm³/mol. The average Bonchev–Trinajstić information content (AvgIpc) is 3.20. The van der Waals surface area contributed by atoms with Crippen LogP contribution in [0.15, 0.2) is 29.4 Å². The highest BCUT2D eigenvalue weighted by Crippen LogP contribution is 2.28. The van der Waals surface area contributed by atoms with Gasteiger partial charge in [-0.05, 0) is 45.0 Å². The van der Waals surface area contributed by atoms with Crippen molar-refractivity contribution >= 4 is 40.2 Å². The van der Waals surface area contributed by atoms with Crippen LogP contribution in [0.3, 0.4) is 0 Å². The molecule has 3 rings (SSSR count). The largest absolute Gasteiger partial charge is 0.383 e. The van der Waals surface area contributed by atoms with E-state index in [-0.39, 0.29) is 11.8 Å². The Morgan fingerprint density at radius 1 is 1.23 bits per heavy atom. The lowest BCUT2D eigenvalue weighted by atomic mass is 10.2. The number of methoxy groups -OCH3 is 2. The number of ether oxygens (including phenoxy) is 2. The summed E-state index contributed by atoms with van der Waals surface area (Å²) in [5.74, 6) is 0.403. The van der Waals surface area contributed by atoms with E-state index in [0.29, 0.717) is 30.5 Å². The molecule has 0 aliphatic carbocycles. The number of rotatable bonds is 10. The van der Waals surface area contributed by atoms with Crippen LogP contribution in [-0.4, -0.2) is 53.1 Å². The van der Waals surface area contributed by atoms with Crippen LogP contribution < -0.4 is 0 Å². The van der Waals surface area contributed by atoms with Gasteiger partial charge in [-0.15, -0.1) is 0 Å². The molecule has 0 saturated heterocycles. The van der Waals surface area contributed by atoms with Gasteiger partial charge in [-0.2, -0.15) is 0 Å². The van der Waals surface area contributed by atoms with E-state index < -0.39 is 0 Å². The molecule has 1 aromatic carbocycles. The first-order valence-corrected chi connectivity index (χ1v) is 11.2. The fourth-order valence-corrected chi connectivity index (χ4v) is 4.94. The molecule has 3 aromatic rings. The third-order valence-electron chi connectivity index (χ3n) is 5.16. The number of ketones is 1. The topological polar surface area (TPSA) is 58.3 Å². The Morgan fingerprint density at radius 3 is 2.70 bits per heavy atom. The van der Waals surface area contributed by atoms with Gasteiger partial charge in [0.05, 0.1) is 36.0 Å². The second-order valence-corrected chi connectivity index (χ2v) is 8.72. The van der Waals surface area contributed by atoms with Crippen LogP contribution in [0.5, 0.6) is 0 Å². The van der Waals surface area contributed by atoms with Gasteiger partial charge in [0.25, 0.3) is 0 Å². The number of hydrogen-bond donors (Lipinski definition) is 0. The number of halogens is 1. The van der Waals surface area contributed by atoms with Gasteiger partial charge in [0.2, 0.25) is 0 Å². The third kappa shape index (κ3) is 4.75. The van der Waals surface area contributed by atoms with Crippen molar-refractivity contribution in [3.05, 3.63) is 46.2 Å². The van der Waals surface area contributed by atoms with Gasteiger partial charge < -0.3 is 18.6 Å². The van der Waals surface area contributed by atoms with E-state index in [9.17, 15) is 4.79 Å². The number of carbonyl (C=O) groups excluding carboxylic acids is 1. The summed E-state index contributed by atoms with van der Waals surface area (Å²) in [6.07, 6.45) is 0. The highest BCUT2D eigenvalue weighted by molar-refractivity contribution is 7.99. The van der Waals surface area contributed by atoms with E-state index in [4.69, 9.17) is 26.1 Å². The lowest BCUT2D eigenvalue weighted by Gasteiger charge is -2.17. The number of imidazole rings is 1.